The maximum absolute atomic E-state index is 12.0. The van der Waals surface area contributed by atoms with Gasteiger partial charge in [-0.05, 0) is 60.4 Å². The molecule has 2 rings (SSSR count). The van der Waals surface area contributed by atoms with Gasteiger partial charge in [-0.2, -0.15) is 0 Å². The zero-order valence-corrected chi connectivity index (χ0v) is 17.4. The van der Waals surface area contributed by atoms with Crippen LogP contribution in [0.15, 0.2) is 48.6 Å². The van der Waals surface area contributed by atoms with Crippen LogP contribution in [0.3, 0.4) is 0 Å². The second kappa shape index (κ2) is 11.8. The fourth-order valence-corrected chi connectivity index (χ4v) is 2.69. The Labute approximate surface area is 189 Å². The van der Waals surface area contributed by atoms with Crippen LogP contribution in [0.25, 0.3) is 12.2 Å². The van der Waals surface area contributed by atoms with Crippen LogP contribution in [-0.4, -0.2) is 55.9 Å². The number of carbonyl (C=O) groups excluding carboxylic acids is 2. The van der Waals surface area contributed by atoms with Crippen molar-refractivity contribution in [3.05, 3.63) is 59.7 Å². The van der Waals surface area contributed by atoms with Gasteiger partial charge < -0.3 is 36.2 Å². The minimum absolute atomic E-state index is 0.0741. The summed E-state index contributed by atoms with van der Waals surface area (Å²) in [7, 11) is 0. The van der Waals surface area contributed by atoms with Crippen LogP contribution in [0.2, 0.25) is 0 Å². The quantitative estimate of drug-likeness (QED) is 0.160. The first kappa shape index (κ1) is 24.8. The Kier molecular flexibility index (Phi) is 8.86. The van der Waals surface area contributed by atoms with Gasteiger partial charge >= 0.3 is 5.97 Å². The molecule has 2 amide bonds. The van der Waals surface area contributed by atoms with E-state index in [0.717, 1.165) is 6.08 Å². The Morgan fingerprint density at radius 3 is 1.79 bits per heavy atom. The van der Waals surface area contributed by atoms with Gasteiger partial charge in [0.25, 0.3) is 0 Å². The summed E-state index contributed by atoms with van der Waals surface area (Å²) in [6.07, 6.45) is 5.49. The number of carbonyl (C=O) groups is 3. The molecule has 1 atom stereocenters. The number of hydrogen-bond acceptors (Lipinski definition) is 7. The van der Waals surface area contributed by atoms with E-state index < -0.39 is 23.8 Å². The van der Waals surface area contributed by atoms with Gasteiger partial charge in [-0.3, -0.25) is 9.59 Å². The topological polar surface area (TPSA) is 176 Å². The number of nitrogens with one attached hydrogen (secondary N) is 2. The van der Waals surface area contributed by atoms with E-state index in [1.807, 2.05) is 0 Å². The summed E-state index contributed by atoms with van der Waals surface area (Å²) in [6.45, 7) is 0.173. The van der Waals surface area contributed by atoms with Gasteiger partial charge in [0.15, 0.2) is 23.0 Å². The third-order valence-electron chi connectivity index (χ3n) is 4.44. The van der Waals surface area contributed by atoms with Gasteiger partial charge in [0.2, 0.25) is 11.8 Å². The van der Waals surface area contributed by atoms with Gasteiger partial charge in [0, 0.05) is 18.7 Å². The Bertz CT molecular complexity index is 1080. The van der Waals surface area contributed by atoms with Crippen LogP contribution in [-0.2, 0) is 14.4 Å². The Hall–Kier alpha value is -4.47. The molecule has 0 aliphatic carbocycles. The lowest BCUT2D eigenvalue weighted by Gasteiger charge is -2.13. The third kappa shape index (κ3) is 8.29. The maximum atomic E-state index is 12.0. The lowest BCUT2D eigenvalue weighted by Crippen LogP contribution is -2.40. The van der Waals surface area contributed by atoms with E-state index in [1.165, 1.54) is 54.6 Å². The van der Waals surface area contributed by atoms with Gasteiger partial charge in [0.05, 0.1) is 0 Å². The summed E-state index contributed by atoms with van der Waals surface area (Å²) in [4.78, 5) is 35.2. The first-order valence-corrected chi connectivity index (χ1v) is 9.87. The maximum Gasteiger partial charge on any atom is 0.326 e. The third-order valence-corrected chi connectivity index (χ3v) is 4.44. The van der Waals surface area contributed by atoms with Crippen LogP contribution in [0.1, 0.15) is 24.0 Å². The second-order valence-electron chi connectivity index (χ2n) is 7.00. The number of hydrogen-bond donors (Lipinski definition) is 7. The predicted octanol–water partition coefficient (Wildman–Crippen LogP) is 1.70. The standard InChI is InChI=1S/C23H24N2O8/c26-17-7-3-14(12-19(17)28)5-9-21(30)24-11-1-2-16(23(32)33)25-22(31)10-6-15-4-8-18(27)20(29)13-15/h3-10,12-13,16,26-29H,1-2,11H2,(H,24,30)(H,25,31)(H,32,33)/b9-5+,10-6-. The average molecular weight is 456 g/mol. The average Bonchev–Trinajstić information content (AvgIpc) is 2.77. The summed E-state index contributed by atoms with van der Waals surface area (Å²) in [6, 6.07) is 6.89. The number of phenols is 4. The number of phenolic OH excluding ortho intramolecular Hbond substituents is 4. The zero-order chi connectivity index (χ0) is 24.4. The molecule has 0 fully saturated rings. The molecular formula is C23H24N2O8. The van der Waals surface area contributed by atoms with Crippen molar-refractivity contribution >= 4 is 29.9 Å². The molecule has 0 aromatic heterocycles. The minimum atomic E-state index is -1.22. The number of aliphatic carboxylic acids is 1. The fraction of sp³-hybridized carbons (Fsp3) is 0.174. The van der Waals surface area contributed by atoms with Crippen molar-refractivity contribution in [3.63, 3.8) is 0 Å². The first-order valence-electron chi connectivity index (χ1n) is 9.87. The van der Waals surface area contributed by atoms with Gasteiger partial charge in [-0.15, -0.1) is 0 Å². The van der Waals surface area contributed by atoms with E-state index in [0.29, 0.717) is 11.1 Å². The molecule has 174 valence electrons. The van der Waals surface area contributed by atoms with Crippen molar-refractivity contribution in [1.82, 2.24) is 10.6 Å². The van der Waals surface area contributed by atoms with Crippen LogP contribution in [0.4, 0.5) is 0 Å². The number of amides is 2. The monoisotopic (exact) mass is 456 g/mol. The number of aromatic hydroxyl groups is 4. The molecule has 0 radical (unpaired) electrons. The molecule has 0 bridgehead atoms. The van der Waals surface area contributed by atoms with Crippen molar-refractivity contribution in [1.29, 1.82) is 0 Å². The minimum Gasteiger partial charge on any atom is -0.504 e. The normalized spacial score (nSPS) is 12.0. The SMILES string of the molecule is O=C(/C=C\c1ccc(O)c(O)c1)NC(CCCNC(=O)/C=C/c1ccc(O)c(O)c1)C(=O)O. The van der Waals surface area contributed by atoms with E-state index in [1.54, 1.807) is 0 Å². The van der Waals surface area contributed by atoms with E-state index >= 15 is 0 Å². The van der Waals surface area contributed by atoms with Crippen molar-refractivity contribution in [2.24, 2.45) is 0 Å². The molecular weight excluding hydrogens is 432 g/mol. The summed E-state index contributed by atoms with van der Waals surface area (Å²) in [5.41, 5.74) is 0.940. The summed E-state index contributed by atoms with van der Waals surface area (Å²) < 4.78 is 0. The summed E-state index contributed by atoms with van der Waals surface area (Å²) >= 11 is 0. The largest absolute Gasteiger partial charge is 0.504 e. The number of carboxylic acid groups (broad SMARTS) is 1. The molecule has 2 aromatic carbocycles. The van der Waals surface area contributed by atoms with Gasteiger partial charge in [-0.1, -0.05) is 12.1 Å². The van der Waals surface area contributed by atoms with Crippen LogP contribution < -0.4 is 10.6 Å². The van der Waals surface area contributed by atoms with Crippen LogP contribution >= 0.6 is 0 Å². The van der Waals surface area contributed by atoms with Crippen molar-refractivity contribution in [2.75, 3.05) is 6.54 Å². The molecule has 0 aliphatic rings. The second-order valence-corrected chi connectivity index (χ2v) is 7.00. The smallest absolute Gasteiger partial charge is 0.326 e. The summed E-state index contributed by atoms with van der Waals surface area (Å²) in [5, 5.41) is 51.6. The highest BCUT2D eigenvalue weighted by molar-refractivity contribution is 5.94. The highest BCUT2D eigenvalue weighted by atomic mass is 16.4. The molecule has 0 saturated carbocycles. The molecule has 0 aliphatic heterocycles. The van der Waals surface area contributed by atoms with E-state index in [2.05, 4.69) is 10.6 Å². The molecule has 0 spiro atoms. The first-order chi connectivity index (χ1) is 15.7. The molecule has 7 N–H and O–H groups in total. The van der Waals surface area contributed by atoms with E-state index in [4.69, 9.17) is 0 Å². The van der Waals surface area contributed by atoms with Gasteiger partial charge in [0.1, 0.15) is 6.04 Å². The number of benzene rings is 2. The van der Waals surface area contributed by atoms with Crippen molar-refractivity contribution in [2.45, 2.75) is 18.9 Å². The fourth-order valence-electron chi connectivity index (χ4n) is 2.69. The van der Waals surface area contributed by atoms with Crippen LogP contribution in [0, 0.1) is 0 Å². The molecule has 1 unspecified atom stereocenters. The predicted molar refractivity (Wildman–Crippen MR) is 119 cm³/mol. The lowest BCUT2D eigenvalue weighted by molar-refractivity contribution is -0.141. The van der Waals surface area contributed by atoms with Crippen molar-refractivity contribution in [3.8, 4) is 23.0 Å². The molecule has 0 heterocycles. The Balaban J connectivity index is 1.78. The zero-order valence-electron chi connectivity index (χ0n) is 17.4. The van der Waals surface area contributed by atoms with Crippen molar-refractivity contribution < 1.29 is 39.9 Å². The van der Waals surface area contributed by atoms with E-state index in [9.17, 15) is 39.9 Å². The lowest BCUT2D eigenvalue weighted by atomic mass is 10.1. The highest BCUT2D eigenvalue weighted by Gasteiger charge is 2.18. The molecule has 33 heavy (non-hydrogen) atoms. The molecule has 2 aromatic rings. The number of rotatable bonds is 10. The molecule has 10 heteroatoms. The van der Waals surface area contributed by atoms with Gasteiger partial charge in [-0.25, -0.2) is 4.79 Å². The van der Waals surface area contributed by atoms with Crippen LogP contribution in [0.5, 0.6) is 23.0 Å². The number of carboxylic acids is 1. The molecule has 0 saturated heterocycles. The Morgan fingerprint density at radius 1 is 0.788 bits per heavy atom. The summed E-state index contributed by atoms with van der Waals surface area (Å²) in [5.74, 6) is -3.54. The van der Waals surface area contributed by atoms with E-state index in [-0.39, 0.29) is 42.4 Å². The molecule has 10 nitrogen and oxygen atoms in total. The highest BCUT2D eigenvalue weighted by Crippen LogP contribution is 2.26. The Morgan fingerprint density at radius 2 is 1.30 bits per heavy atom.